The third-order valence-electron chi connectivity index (χ3n) is 1.78. The minimum atomic E-state index is -0.298. The summed E-state index contributed by atoms with van der Waals surface area (Å²) in [5.74, 6) is 0.00389. The molecule has 0 fully saturated rings. The highest BCUT2D eigenvalue weighted by molar-refractivity contribution is 5.92. The van der Waals surface area contributed by atoms with Crippen LogP contribution in [0.2, 0.25) is 0 Å². The van der Waals surface area contributed by atoms with Gasteiger partial charge in [-0.1, -0.05) is 0 Å². The lowest BCUT2D eigenvalue weighted by atomic mass is 10.2. The van der Waals surface area contributed by atoms with Crippen LogP contribution in [-0.2, 0) is 4.79 Å². The Morgan fingerprint density at radius 3 is 2.79 bits per heavy atom. The molecule has 0 bridgehead atoms. The quantitative estimate of drug-likeness (QED) is 0.654. The van der Waals surface area contributed by atoms with Crippen LogP contribution < -0.4 is 0 Å². The predicted octanol–water partition coefficient (Wildman–Crippen LogP) is 0.484. The maximum atomic E-state index is 11.5. The van der Waals surface area contributed by atoms with Gasteiger partial charge in [0.05, 0.1) is 0 Å². The molecule has 5 heteroatoms. The molecule has 0 amide bonds. The topological polar surface area (TPSA) is 51.0 Å². The highest BCUT2D eigenvalue weighted by atomic mass is 16.1. The molecular weight excluding hydrogens is 180 g/mol. The van der Waals surface area contributed by atoms with E-state index >= 15 is 0 Å². The smallest absolute Gasteiger partial charge is 0.181 e. The van der Waals surface area contributed by atoms with Crippen LogP contribution in [0.1, 0.15) is 13.0 Å². The number of ketones is 1. The van der Waals surface area contributed by atoms with E-state index in [0.717, 1.165) is 0 Å². The molecule has 1 aromatic rings. The highest BCUT2D eigenvalue weighted by Gasteiger charge is 2.11. The minimum Gasteiger partial charge on any atom is -0.383 e. The molecule has 0 aliphatic rings. The SMILES string of the molecule is CC(C(=O)/C=C/N(C)C)n1cncn1. The Morgan fingerprint density at radius 1 is 1.57 bits per heavy atom. The third kappa shape index (κ3) is 2.69. The Bertz CT molecular complexity index is 316. The Hall–Kier alpha value is -1.65. The molecule has 1 atom stereocenters. The van der Waals surface area contributed by atoms with Gasteiger partial charge in [-0.3, -0.25) is 4.79 Å². The molecule has 1 aromatic heterocycles. The van der Waals surface area contributed by atoms with Crippen LogP contribution in [-0.4, -0.2) is 39.5 Å². The van der Waals surface area contributed by atoms with E-state index in [9.17, 15) is 4.79 Å². The molecule has 0 spiro atoms. The predicted molar refractivity (Wildman–Crippen MR) is 52.6 cm³/mol. The van der Waals surface area contributed by atoms with Crippen LogP contribution in [0, 0.1) is 0 Å². The fourth-order valence-corrected chi connectivity index (χ4v) is 0.910. The molecule has 0 saturated carbocycles. The van der Waals surface area contributed by atoms with Gasteiger partial charge in [0.25, 0.3) is 0 Å². The number of rotatable bonds is 4. The lowest BCUT2D eigenvalue weighted by Crippen LogP contribution is -2.15. The number of aromatic nitrogens is 3. The number of allylic oxidation sites excluding steroid dienone is 1. The maximum absolute atomic E-state index is 11.5. The Balaban J connectivity index is 2.62. The van der Waals surface area contributed by atoms with Crippen molar-refractivity contribution in [3.05, 3.63) is 24.9 Å². The van der Waals surface area contributed by atoms with Gasteiger partial charge in [0.15, 0.2) is 5.78 Å². The lowest BCUT2D eigenvalue weighted by Gasteiger charge is -2.08. The van der Waals surface area contributed by atoms with Crippen LogP contribution in [0.3, 0.4) is 0 Å². The van der Waals surface area contributed by atoms with E-state index in [0.29, 0.717) is 0 Å². The monoisotopic (exact) mass is 194 g/mol. The summed E-state index contributed by atoms with van der Waals surface area (Å²) in [5.41, 5.74) is 0. The second kappa shape index (κ2) is 4.55. The van der Waals surface area contributed by atoms with Crippen molar-refractivity contribution in [2.45, 2.75) is 13.0 Å². The van der Waals surface area contributed by atoms with Crippen LogP contribution in [0.4, 0.5) is 0 Å². The number of nitrogens with zero attached hydrogens (tertiary/aromatic N) is 4. The summed E-state index contributed by atoms with van der Waals surface area (Å²) >= 11 is 0. The molecule has 1 heterocycles. The number of carbonyl (C=O) groups excluding carboxylic acids is 1. The second-order valence-electron chi connectivity index (χ2n) is 3.23. The van der Waals surface area contributed by atoms with Crippen LogP contribution >= 0.6 is 0 Å². The summed E-state index contributed by atoms with van der Waals surface area (Å²) in [7, 11) is 3.73. The second-order valence-corrected chi connectivity index (χ2v) is 3.23. The fraction of sp³-hybridized carbons (Fsp3) is 0.444. The largest absolute Gasteiger partial charge is 0.383 e. The van der Waals surface area contributed by atoms with Crippen molar-refractivity contribution in [3.8, 4) is 0 Å². The maximum Gasteiger partial charge on any atom is 0.181 e. The molecule has 1 rings (SSSR count). The van der Waals surface area contributed by atoms with Crippen molar-refractivity contribution in [2.75, 3.05) is 14.1 Å². The van der Waals surface area contributed by atoms with Gasteiger partial charge in [-0.25, -0.2) is 9.67 Å². The molecule has 0 aliphatic heterocycles. The van der Waals surface area contributed by atoms with Crippen molar-refractivity contribution >= 4 is 5.78 Å². The summed E-state index contributed by atoms with van der Waals surface area (Å²) in [6, 6.07) is -0.298. The van der Waals surface area contributed by atoms with E-state index in [1.807, 2.05) is 19.0 Å². The zero-order valence-electron chi connectivity index (χ0n) is 8.58. The lowest BCUT2D eigenvalue weighted by molar-refractivity contribution is -0.117. The average Bonchev–Trinajstić information content (AvgIpc) is 2.65. The Morgan fingerprint density at radius 2 is 2.29 bits per heavy atom. The van der Waals surface area contributed by atoms with Gasteiger partial charge in [0.2, 0.25) is 0 Å². The van der Waals surface area contributed by atoms with Crippen molar-refractivity contribution < 1.29 is 4.79 Å². The van der Waals surface area contributed by atoms with E-state index in [-0.39, 0.29) is 11.8 Å². The first-order valence-corrected chi connectivity index (χ1v) is 4.34. The van der Waals surface area contributed by atoms with E-state index in [4.69, 9.17) is 0 Å². The molecule has 14 heavy (non-hydrogen) atoms. The number of carbonyl (C=O) groups is 1. The third-order valence-corrected chi connectivity index (χ3v) is 1.78. The zero-order chi connectivity index (χ0) is 10.6. The fourth-order valence-electron chi connectivity index (χ4n) is 0.910. The average molecular weight is 194 g/mol. The molecule has 76 valence electrons. The molecule has 0 saturated heterocycles. The normalized spacial score (nSPS) is 13.1. The summed E-state index contributed by atoms with van der Waals surface area (Å²) in [6.07, 6.45) is 6.20. The minimum absolute atomic E-state index is 0.00389. The van der Waals surface area contributed by atoms with Crippen LogP contribution in [0.15, 0.2) is 24.9 Å². The molecule has 0 aromatic carbocycles. The zero-order valence-corrected chi connectivity index (χ0v) is 8.58. The van der Waals surface area contributed by atoms with E-state index in [1.165, 1.54) is 23.4 Å². The summed E-state index contributed by atoms with van der Waals surface area (Å²) in [4.78, 5) is 17.1. The first-order valence-electron chi connectivity index (χ1n) is 4.34. The van der Waals surface area contributed by atoms with Crippen molar-refractivity contribution in [1.82, 2.24) is 19.7 Å². The first kappa shape index (κ1) is 10.4. The summed E-state index contributed by atoms with van der Waals surface area (Å²) in [6.45, 7) is 1.79. The van der Waals surface area contributed by atoms with Crippen molar-refractivity contribution in [3.63, 3.8) is 0 Å². The van der Waals surface area contributed by atoms with Gasteiger partial charge in [0, 0.05) is 20.3 Å². The molecule has 0 aliphatic carbocycles. The standard InChI is InChI=1S/C9H14N4O/c1-8(13-7-10-6-11-13)9(14)4-5-12(2)3/h4-8H,1-3H3/b5-4+. The Labute approximate surface area is 83.0 Å². The molecule has 5 nitrogen and oxygen atoms in total. The first-order chi connectivity index (χ1) is 6.61. The molecule has 0 radical (unpaired) electrons. The van der Waals surface area contributed by atoms with Gasteiger partial charge in [0.1, 0.15) is 18.7 Å². The molecule has 0 N–H and O–H groups in total. The molecule has 1 unspecified atom stereocenters. The van der Waals surface area contributed by atoms with E-state index in [2.05, 4.69) is 10.1 Å². The Kier molecular flexibility index (Phi) is 3.39. The van der Waals surface area contributed by atoms with E-state index < -0.39 is 0 Å². The van der Waals surface area contributed by atoms with Gasteiger partial charge in [-0.15, -0.1) is 0 Å². The summed E-state index contributed by atoms with van der Waals surface area (Å²) in [5, 5.41) is 3.90. The van der Waals surface area contributed by atoms with Crippen molar-refractivity contribution in [2.24, 2.45) is 0 Å². The van der Waals surface area contributed by atoms with Crippen LogP contribution in [0.25, 0.3) is 0 Å². The van der Waals surface area contributed by atoms with Crippen molar-refractivity contribution in [1.29, 1.82) is 0 Å². The van der Waals surface area contributed by atoms with Gasteiger partial charge in [-0.2, -0.15) is 5.10 Å². The van der Waals surface area contributed by atoms with Crippen LogP contribution in [0.5, 0.6) is 0 Å². The highest BCUT2D eigenvalue weighted by Crippen LogP contribution is 2.04. The van der Waals surface area contributed by atoms with Gasteiger partial charge < -0.3 is 4.90 Å². The number of hydrogen-bond acceptors (Lipinski definition) is 4. The van der Waals surface area contributed by atoms with Gasteiger partial charge >= 0.3 is 0 Å². The molecular formula is C9H14N4O. The van der Waals surface area contributed by atoms with E-state index in [1.54, 1.807) is 13.1 Å². The van der Waals surface area contributed by atoms with Gasteiger partial charge in [-0.05, 0) is 13.0 Å². The summed E-state index contributed by atoms with van der Waals surface area (Å²) < 4.78 is 1.53. The number of hydrogen-bond donors (Lipinski definition) is 0.